The summed E-state index contributed by atoms with van der Waals surface area (Å²) in [5.41, 5.74) is -2.85. The van der Waals surface area contributed by atoms with E-state index in [2.05, 4.69) is 4.98 Å². The summed E-state index contributed by atoms with van der Waals surface area (Å²) in [6.07, 6.45) is -4.31. The van der Waals surface area contributed by atoms with E-state index in [4.69, 9.17) is 5.11 Å². The lowest BCUT2D eigenvalue weighted by Crippen LogP contribution is -2.46. The number of hydrogen-bond donors (Lipinski definition) is 2. The number of aliphatic carboxylic acids is 1. The van der Waals surface area contributed by atoms with Crippen molar-refractivity contribution in [3.05, 3.63) is 54.1 Å². The van der Waals surface area contributed by atoms with E-state index in [1.807, 2.05) is 0 Å². The number of rotatable bonds is 5. The van der Waals surface area contributed by atoms with Gasteiger partial charge in [0.15, 0.2) is 5.82 Å². The van der Waals surface area contributed by atoms with Gasteiger partial charge >= 0.3 is 12.1 Å². The molecule has 2 N–H and O–H groups in total. The lowest BCUT2D eigenvalue weighted by Gasteiger charge is -2.29. The van der Waals surface area contributed by atoms with Gasteiger partial charge in [-0.1, -0.05) is 30.3 Å². The number of hydrogen-bond acceptors (Lipinski definition) is 3. The molecule has 1 aromatic carbocycles. The first-order valence-corrected chi connectivity index (χ1v) is 6.30. The zero-order chi connectivity index (χ0) is 16.4. The lowest BCUT2D eigenvalue weighted by atomic mass is 9.97. The molecule has 0 radical (unpaired) electrons. The van der Waals surface area contributed by atoms with Crippen LogP contribution in [0.15, 0.2) is 42.7 Å². The molecule has 0 aliphatic heterocycles. The molecule has 2 aromatic rings. The topological polar surface area (TPSA) is 75.3 Å². The average Bonchev–Trinajstić information content (AvgIpc) is 2.86. The number of aromatic nitrogens is 2. The maximum Gasteiger partial charge on any atom is 0.425 e. The van der Waals surface area contributed by atoms with E-state index >= 15 is 0 Å². The highest BCUT2D eigenvalue weighted by Crippen LogP contribution is 2.41. The Morgan fingerprint density at radius 2 is 1.86 bits per heavy atom. The Balaban J connectivity index is 2.42. The van der Waals surface area contributed by atoms with Crippen molar-refractivity contribution in [2.24, 2.45) is 0 Å². The van der Waals surface area contributed by atoms with Gasteiger partial charge < -0.3 is 14.8 Å². The van der Waals surface area contributed by atoms with Gasteiger partial charge in [-0.3, -0.25) is 4.79 Å². The summed E-state index contributed by atoms with van der Waals surface area (Å²) in [6, 6.07) is 8.61. The summed E-state index contributed by atoms with van der Waals surface area (Å²) in [5.74, 6) is -2.51. The van der Waals surface area contributed by atoms with Crippen molar-refractivity contribution in [1.29, 1.82) is 0 Å². The van der Waals surface area contributed by atoms with Crippen LogP contribution in [0.4, 0.5) is 13.2 Å². The summed E-state index contributed by atoms with van der Waals surface area (Å²) in [6.45, 7) is 0.0359. The van der Waals surface area contributed by atoms with Crippen molar-refractivity contribution in [3.63, 3.8) is 0 Å². The monoisotopic (exact) mass is 314 g/mol. The van der Waals surface area contributed by atoms with Crippen LogP contribution in [-0.2, 0) is 16.9 Å². The molecule has 0 amide bonds. The minimum atomic E-state index is -5.16. The van der Waals surface area contributed by atoms with Gasteiger partial charge in [-0.2, -0.15) is 13.2 Å². The molecule has 0 saturated heterocycles. The molecule has 1 atom stereocenters. The second-order valence-corrected chi connectivity index (χ2v) is 4.79. The summed E-state index contributed by atoms with van der Waals surface area (Å²) in [5, 5.41) is 18.6. The first-order valence-electron chi connectivity index (χ1n) is 6.30. The van der Waals surface area contributed by atoms with E-state index < -0.39 is 30.0 Å². The van der Waals surface area contributed by atoms with Crippen LogP contribution in [0.5, 0.6) is 0 Å². The molecule has 0 saturated carbocycles. The Hall–Kier alpha value is -2.35. The van der Waals surface area contributed by atoms with Crippen molar-refractivity contribution in [2.45, 2.75) is 24.7 Å². The normalized spacial score (nSPS) is 14.5. The standard InChI is InChI=1S/C14H13F3N2O3/c15-14(16,17)13(22,8-11(20)21)12-18-6-7-19(12)9-10-4-2-1-3-5-10/h1-7,22H,8-9H2,(H,20,21)/t13-/m0/s1. The number of benzene rings is 1. The van der Waals surface area contributed by atoms with Gasteiger partial charge in [0, 0.05) is 18.9 Å². The molecule has 0 aliphatic carbocycles. The Labute approximate surface area is 123 Å². The van der Waals surface area contributed by atoms with E-state index in [0.717, 1.165) is 10.8 Å². The van der Waals surface area contributed by atoms with Crippen LogP contribution in [0.25, 0.3) is 0 Å². The van der Waals surface area contributed by atoms with Gasteiger partial charge in [0.25, 0.3) is 0 Å². The van der Waals surface area contributed by atoms with Crippen LogP contribution in [-0.4, -0.2) is 31.9 Å². The fourth-order valence-corrected chi connectivity index (χ4v) is 2.11. The zero-order valence-electron chi connectivity index (χ0n) is 11.3. The van der Waals surface area contributed by atoms with Gasteiger partial charge in [0.1, 0.15) is 0 Å². The number of halogens is 3. The summed E-state index contributed by atoms with van der Waals surface area (Å²) < 4.78 is 40.6. The lowest BCUT2D eigenvalue weighted by molar-refractivity contribution is -0.272. The predicted octanol–water partition coefficient (Wildman–Crippen LogP) is 2.16. The number of carbonyl (C=O) groups is 1. The molecular weight excluding hydrogens is 301 g/mol. The third kappa shape index (κ3) is 3.11. The van der Waals surface area contributed by atoms with E-state index in [1.165, 1.54) is 6.20 Å². The van der Waals surface area contributed by atoms with E-state index in [0.29, 0.717) is 5.56 Å². The largest absolute Gasteiger partial charge is 0.481 e. The molecule has 1 aromatic heterocycles. The molecule has 0 bridgehead atoms. The number of imidazole rings is 1. The van der Waals surface area contributed by atoms with Crippen LogP contribution in [0, 0.1) is 0 Å². The third-order valence-corrected chi connectivity index (χ3v) is 3.16. The summed E-state index contributed by atoms with van der Waals surface area (Å²) in [7, 11) is 0. The quantitative estimate of drug-likeness (QED) is 0.887. The fraction of sp³-hybridized carbons (Fsp3) is 0.286. The van der Waals surface area contributed by atoms with Crippen LogP contribution in [0.2, 0.25) is 0 Å². The smallest absolute Gasteiger partial charge is 0.425 e. The van der Waals surface area contributed by atoms with Crippen molar-refractivity contribution in [3.8, 4) is 0 Å². The molecule has 8 heteroatoms. The van der Waals surface area contributed by atoms with Crippen molar-refractivity contribution in [2.75, 3.05) is 0 Å². The molecule has 1 heterocycles. The highest BCUT2D eigenvalue weighted by atomic mass is 19.4. The molecule has 0 fully saturated rings. The molecule has 5 nitrogen and oxygen atoms in total. The Morgan fingerprint density at radius 1 is 1.23 bits per heavy atom. The van der Waals surface area contributed by atoms with E-state index in [9.17, 15) is 23.1 Å². The maximum absolute atomic E-state index is 13.2. The van der Waals surface area contributed by atoms with Gasteiger partial charge in [0.05, 0.1) is 6.42 Å². The van der Waals surface area contributed by atoms with Crippen LogP contribution >= 0.6 is 0 Å². The Bertz CT molecular complexity index is 655. The second-order valence-electron chi connectivity index (χ2n) is 4.79. The highest BCUT2D eigenvalue weighted by Gasteiger charge is 2.59. The molecule has 0 spiro atoms. The van der Waals surface area contributed by atoms with Gasteiger partial charge in [-0.25, -0.2) is 4.98 Å². The van der Waals surface area contributed by atoms with Crippen molar-refractivity contribution in [1.82, 2.24) is 9.55 Å². The molecule has 0 aliphatic rings. The van der Waals surface area contributed by atoms with Gasteiger partial charge in [-0.15, -0.1) is 0 Å². The molecular formula is C14H13F3N2O3. The first-order chi connectivity index (χ1) is 10.2. The molecule has 22 heavy (non-hydrogen) atoms. The first kappa shape index (κ1) is 16.0. The van der Waals surface area contributed by atoms with E-state index in [-0.39, 0.29) is 6.54 Å². The maximum atomic E-state index is 13.2. The van der Waals surface area contributed by atoms with Crippen LogP contribution in [0.1, 0.15) is 17.8 Å². The molecule has 118 valence electrons. The Kier molecular flexibility index (Phi) is 4.23. The summed E-state index contributed by atoms with van der Waals surface area (Å²) >= 11 is 0. The van der Waals surface area contributed by atoms with E-state index in [1.54, 1.807) is 30.3 Å². The predicted molar refractivity (Wildman–Crippen MR) is 70.0 cm³/mol. The third-order valence-electron chi connectivity index (χ3n) is 3.16. The number of carboxylic acids is 1. The van der Waals surface area contributed by atoms with Gasteiger partial charge in [-0.05, 0) is 5.56 Å². The zero-order valence-corrected chi connectivity index (χ0v) is 11.3. The van der Waals surface area contributed by atoms with Gasteiger partial charge in [0.2, 0.25) is 5.60 Å². The highest BCUT2D eigenvalue weighted by molar-refractivity contribution is 5.68. The second kappa shape index (κ2) is 5.80. The minimum Gasteiger partial charge on any atom is -0.481 e. The van der Waals surface area contributed by atoms with Crippen LogP contribution in [0.3, 0.4) is 0 Å². The number of carboxylic acid groups (broad SMARTS) is 1. The molecule has 2 rings (SSSR count). The van der Waals surface area contributed by atoms with Crippen molar-refractivity contribution < 1.29 is 28.2 Å². The molecule has 0 unspecified atom stereocenters. The summed E-state index contributed by atoms with van der Waals surface area (Å²) in [4.78, 5) is 14.3. The average molecular weight is 314 g/mol. The number of aliphatic hydroxyl groups is 1. The number of nitrogens with zero attached hydrogens (tertiary/aromatic N) is 2. The minimum absolute atomic E-state index is 0.0359. The number of alkyl halides is 3. The van der Waals surface area contributed by atoms with Crippen LogP contribution < -0.4 is 0 Å². The Morgan fingerprint density at radius 3 is 2.41 bits per heavy atom. The SMILES string of the molecule is O=C(O)C[C@](O)(c1nccn1Cc1ccccc1)C(F)(F)F. The van der Waals surface area contributed by atoms with Crippen molar-refractivity contribution >= 4 is 5.97 Å². The fourth-order valence-electron chi connectivity index (χ4n) is 2.11.